The Labute approximate surface area is 121 Å². The summed E-state index contributed by atoms with van der Waals surface area (Å²) in [6.07, 6.45) is 4.04. The minimum absolute atomic E-state index is 0.191. The highest BCUT2D eigenvalue weighted by Gasteiger charge is 2.13. The first-order chi connectivity index (χ1) is 9.60. The van der Waals surface area contributed by atoms with E-state index in [1.54, 1.807) is 19.2 Å². The number of hydrogen-bond acceptors (Lipinski definition) is 5. The normalized spacial score (nSPS) is 11.5. The lowest BCUT2D eigenvalue weighted by Crippen LogP contribution is -2.25. The first kappa shape index (κ1) is 16.9. The molecule has 1 rings (SSSR count). The zero-order valence-electron chi connectivity index (χ0n) is 12.1. The van der Waals surface area contributed by atoms with Crippen molar-refractivity contribution in [3.05, 3.63) is 18.3 Å². The van der Waals surface area contributed by atoms with Gasteiger partial charge in [-0.1, -0.05) is 0 Å². The Kier molecular flexibility index (Phi) is 7.50. The van der Waals surface area contributed by atoms with E-state index in [2.05, 4.69) is 15.0 Å². The monoisotopic (exact) mass is 301 g/mol. The Morgan fingerprint density at radius 2 is 2.05 bits per heavy atom. The number of methoxy groups -OCH3 is 1. The molecular weight excluding hydrogens is 278 g/mol. The lowest BCUT2D eigenvalue weighted by Gasteiger charge is -2.07. The number of nitrogens with one attached hydrogen (secondary N) is 2. The second-order valence-corrected chi connectivity index (χ2v) is 6.13. The molecule has 0 radical (unpaired) electrons. The van der Waals surface area contributed by atoms with Gasteiger partial charge in [-0.15, -0.1) is 0 Å². The summed E-state index contributed by atoms with van der Waals surface area (Å²) < 4.78 is 31.5. The maximum absolute atomic E-state index is 12.0. The van der Waals surface area contributed by atoms with Gasteiger partial charge in [0.25, 0.3) is 0 Å². The first-order valence-corrected chi connectivity index (χ1v) is 8.27. The fourth-order valence-electron chi connectivity index (χ4n) is 1.66. The number of aromatic nitrogens is 1. The third kappa shape index (κ3) is 5.85. The molecule has 0 spiro atoms. The van der Waals surface area contributed by atoms with Gasteiger partial charge in [0.2, 0.25) is 10.0 Å². The summed E-state index contributed by atoms with van der Waals surface area (Å²) in [6, 6.07) is 3.22. The van der Waals surface area contributed by atoms with Crippen molar-refractivity contribution in [1.29, 1.82) is 0 Å². The van der Waals surface area contributed by atoms with Crippen LogP contribution >= 0.6 is 0 Å². The summed E-state index contributed by atoms with van der Waals surface area (Å²) in [4.78, 5) is 4.25. The molecule has 0 aliphatic rings. The van der Waals surface area contributed by atoms with E-state index in [-0.39, 0.29) is 4.90 Å². The molecule has 1 heterocycles. The molecular formula is C13H23N3O3S. The quantitative estimate of drug-likeness (QED) is 0.642. The van der Waals surface area contributed by atoms with Crippen molar-refractivity contribution < 1.29 is 13.2 Å². The number of unbranched alkanes of at least 4 members (excludes halogenated alkanes) is 2. The third-order valence-corrected chi connectivity index (χ3v) is 4.17. The van der Waals surface area contributed by atoms with Crippen molar-refractivity contribution in [1.82, 2.24) is 9.71 Å². The van der Waals surface area contributed by atoms with Crippen LogP contribution in [-0.4, -0.2) is 40.2 Å². The molecule has 1 aromatic rings. The van der Waals surface area contributed by atoms with Crippen LogP contribution in [0, 0.1) is 0 Å². The Balaban J connectivity index is 2.43. The van der Waals surface area contributed by atoms with Gasteiger partial charge in [0, 0.05) is 33.0 Å². The van der Waals surface area contributed by atoms with Gasteiger partial charge in [0.1, 0.15) is 10.7 Å². The molecule has 114 valence electrons. The fourth-order valence-corrected chi connectivity index (χ4v) is 2.68. The van der Waals surface area contributed by atoms with E-state index in [1.165, 1.54) is 6.20 Å². The highest BCUT2D eigenvalue weighted by molar-refractivity contribution is 7.89. The number of hydrogen-bond donors (Lipinski definition) is 2. The highest BCUT2D eigenvalue weighted by atomic mass is 32.2. The second-order valence-electron chi connectivity index (χ2n) is 4.36. The van der Waals surface area contributed by atoms with Gasteiger partial charge in [0.15, 0.2) is 0 Å². The van der Waals surface area contributed by atoms with Crippen LogP contribution in [0.15, 0.2) is 23.2 Å². The van der Waals surface area contributed by atoms with E-state index < -0.39 is 10.0 Å². The number of pyridine rings is 1. The number of sulfonamides is 1. The summed E-state index contributed by atoms with van der Waals surface area (Å²) >= 11 is 0. The smallest absolute Gasteiger partial charge is 0.242 e. The van der Waals surface area contributed by atoms with Gasteiger partial charge in [-0.25, -0.2) is 18.1 Å². The maximum atomic E-state index is 12.0. The van der Waals surface area contributed by atoms with Crippen molar-refractivity contribution in [2.24, 2.45) is 0 Å². The second kappa shape index (κ2) is 8.89. The highest BCUT2D eigenvalue weighted by Crippen LogP contribution is 2.10. The van der Waals surface area contributed by atoms with Crippen molar-refractivity contribution in [3.8, 4) is 0 Å². The van der Waals surface area contributed by atoms with Crippen molar-refractivity contribution in [2.45, 2.75) is 31.1 Å². The van der Waals surface area contributed by atoms with Gasteiger partial charge < -0.3 is 10.1 Å². The van der Waals surface area contributed by atoms with E-state index in [1.807, 2.05) is 6.92 Å². The molecule has 0 fully saturated rings. The molecule has 2 N–H and O–H groups in total. The van der Waals surface area contributed by atoms with Crippen LogP contribution in [-0.2, 0) is 14.8 Å². The fraction of sp³-hybridized carbons (Fsp3) is 0.615. The van der Waals surface area contributed by atoms with Gasteiger partial charge in [0.05, 0.1) is 0 Å². The first-order valence-electron chi connectivity index (χ1n) is 6.78. The van der Waals surface area contributed by atoms with E-state index in [0.29, 0.717) is 19.0 Å². The summed E-state index contributed by atoms with van der Waals surface area (Å²) in [5, 5.41) is 3.02. The standard InChI is InChI=1S/C13H23N3O3S/c1-3-14-13-8-7-12(11-15-13)20(17,18)16-9-5-4-6-10-19-2/h7-8,11,16H,3-6,9-10H2,1-2H3,(H,14,15). The van der Waals surface area contributed by atoms with Crippen LogP contribution in [0.25, 0.3) is 0 Å². The van der Waals surface area contributed by atoms with Crippen molar-refractivity contribution in [2.75, 3.05) is 32.1 Å². The summed E-state index contributed by atoms with van der Waals surface area (Å²) in [5.74, 6) is 0.672. The summed E-state index contributed by atoms with van der Waals surface area (Å²) in [5.41, 5.74) is 0. The van der Waals surface area contributed by atoms with E-state index >= 15 is 0 Å². The average molecular weight is 301 g/mol. The largest absolute Gasteiger partial charge is 0.385 e. The molecule has 1 aromatic heterocycles. The molecule has 0 aliphatic carbocycles. The third-order valence-electron chi connectivity index (χ3n) is 2.72. The molecule has 6 nitrogen and oxygen atoms in total. The molecule has 0 atom stereocenters. The summed E-state index contributed by atoms with van der Waals surface area (Å²) in [7, 11) is -1.80. The minimum Gasteiger partial charge on any atom is -0.385 e. The maximum Gasteiger partial charge on any atom is 0.242 e. The Bertz CT molecular complexity index is 474. The minimum atomic E-state index is -3.46. The van der Waals surface area contributed by atoms with Crippen molar-refractivity contribution in [3.63, 3.8) is 0 Å². The molecule has 0 aromatic carbocycles. The predicted octanol–water partition coefficient (Wildman–Crippen LogP) is 1.61. The SMILES string of the molecule is CCNc1ccc(S(=O)(=O)NCCCCCOC)cn1. The van der Waals surface area contributed by atoms with Gasteiger partial charge >= 0.3 is 0 Å². The molecule has 0 amide bonds. The predicted molar refractivity (Wildman–Crippen MR) is 79.3 cm³/mol. The van der Waals surface area contributed by atoms with Gasteiger partial charge in [-0.3, -0.25) is 0 Å². The number of ether oxygens (including phenoxy) is 1. The molecule has 20 heavy (non-hydrogen) atoms. The van der Waals surface area contributed by atoms with E-state index in [0.717, 1.165) is 25.8 Å². The number of anilines is 1. The van der Waals surface area contributed by atoms with Crippen LogP contribution in [0.5, 0.6) is 0 Å². The zero-order valence-corrected chi connectivity index (χ0v) is 12.9. The van der Waals surface area contributed by atoms with Crippen LogP contribution in [0.3, 0.4) is 0 Å². The van der Waals surface area contributed by atoms with Crippen LogP contribution in [0.2, 0.25) is 0 Å². The number of rotatable bonds is 10. The number of nitrogens with zero attached hydrogens (tertiary/aromatic N) is 1. The molecule has 0 saturated heterocycles. The van der Waals surface area contributed by atoms with Crippen LogP contribution < -0.4 is 10.0 Å². The van der Waals surface area contributed by atoms with E-state index in [4.69, 9.17) is 4.74 Å². The molecule has 7 heteroatoms. The van der Waals surface area contributed by atoms with Gasteiger partial charge in [-0.2, -0.15) is 0 Å². The molecule has 0 saturated carbocycles. The Morgan fingerprint density at radius 3 is 2.65 bits per heavy atom. The molecule has 0 aliphatic heterocycles. The molecule has 0 unspecified atom stereocenters. The van der Waals surface area contributed by atoms with Gasteiger partial charge in [-0.05, 0) is 38.3 Å². The lowest BCUT2D eigenvalue weighted by molar-refractivity contribution is 0.192. The lowest BCUT2D eigenvalue weighted by atomic mass is 10.2. The van der Waals surface area contributed by atoms with E-state index in [9.17, 15) is 8.42 Å². The van der Waals surface area contributed by atoms with Crippen molar-refractivity contribution >= 4 is 15.8 Å². The summed E-state index contributed by atoms with van der Waals surface area (Å²) in [6.45, 7) is 3.85. The van der Waals surface area contributed by atoms with Crippen LogP contribution in [0.4, 0.5) is 5.82 Å². The van der Waals surface area contributed by atoms with Crippen LogP contribution in [0.1, 0.15) is 26.2 Å². The topological polar surface area (TPSA) is 80.3 Å². The Hall–Kier alpha value is -1.18. The molecule has 0 bridgehead atoms. The Morgan fingerprint density at radius 1 is 1.25 bits per heavy atom. The zero-order chi connectivity index (χ0) is 14.8. The average Bonchev–Trinajstić information content (AvgIpc) is 2.44.